The van der Waals surface area contributed by atoms with E-state index < -0.39 is 9.05 Å². The summed E-state index contributed by atoms with van der Waals surface area (Å²) in [5.41, 5.74) is -0.0690. The maximum atomic E-state index is 12.2. The van der Waals surface area contributed by atoms with Crippen LogP contribution >= 0.6 is 26.6 Å². The molecule has 0 atom stereocenters. The van der Waals surface area contributed by atoms with E-state index in [9.17, 15) is 13.2 Å². The number of benzene rings is 1. The van der Waals surface area contributed by atoms with Crippen molar-refractivity contribution in [1.29, 1.82) is 0 Å². The Labute approximate surface area is 136 Å². The van der Waals surface area contributed by atoms with Gasteiger partial charge in [0.2, 0.25) is 0 Å². The second-order valence-electron chi connectivity index (χ2n) is 5.00. The average Bonchev–Trinajstić information content (AvgIpc) is 2.36. The lowest BCUT2D eigenvalue weighted by atomic mass is 9.80. The minimum Gasteiger partial charge on any atom is -0.376 e. The number of carbonyl (C=O) groups is 1. The fraction of sp³-hybridized carbons (Fsp3) is 0.462. The van der Waals surface area contributed by atoms with Crippen molar-refractivity contribution in [2.75, 3.05) is 13.7 Å². The fourth-order valence-electron chi connectivity index (χ4n) is 2.19. The highest BCUT2D eigenvalue weighted by molar-refractivity contribution is 9.10. The normalized spacial score (nSPS) is 17.1. The predicted octanol–water partition coefficient (Wildman–Crippen LogP) is 2.68. The largest absolute Gasteiger partial charge is 0.376 e. The summed E-state index contributed by atoms with van der Waals surface area (Å²) in [6, 6.07) is 4.08. The summed E-state index contributed by atoms with van der Waals surface area (Å²) in [6.45, 7) is 0.395. The summed E-state index contributed by atoms with van der Waals surface area (Å²) in [6.07, 6.45) is 2.88. The zero-order chi connectivity index (χ0) is 15.7. The van der Waals surface area contributed by atoms with Crippen LogP contribution in [-0.2, 0) is 13.8 Å². The van der Waals surface area contributed by atoms with Crippen LogP contribution < -0.4 is 5.32 Å². The lowest BCUT2D eigenvalue weighted by molar-refractivity contribution is -0.0679. The van der Waals surface area contributed by atoms with Gasteiger partial charge >= 0.3 is 0 Å². The molecule has 1 aromatic carbocycles. The van der Waals surface area contributed by atoms with Gasteiger partial charge in [-0.2, -0.15) is 0 Å². The van der Waals surface area contributed by atoms with Crippen molar-refractivity contribution in [3.05, 3.63) is 28.2 Å². The van der Waals surface area contributed by atoms with Crippen LogP contribution in [0.4, 0.5) is 0 Å². The molecule has 2 rings (SSSR count). The molecule has 5 nitrogen and oxygen atoms in total. The monoisotopic (exact) mass is 395 g/mol. The molecule has 0 bridgehead atoms. The third-order valence-corrected chi connectivity index (χ3v) is 5.78. The molecule has 1 fully saturated rings. The van der Waals surface area contributed by atoms with Gasteiger partial charge in [-0.05, 0) is 53.4 Å². The van der Waals surface area contributed by atoms with E-state index in [1.165, 1.54) is 18.2 Å². The quantitative estimate of drug-likeness (QED) is 0.777. The number of ether oxygens (including phenoxy) is 1. The molecular weight excluding hydrogens is 382 g/mol. The van der Waals surface area contributed by atoms with Gasteiger partial charge < -0.3 is 10.1 Å². The van der Waals surface area contributed by atoms with Crippen LogP contribution in [0.25, 0.3) is 0 Å². The Bertz CT molecular complexity index is 653. The van der Waals surface area contributed by atoms with Crippen molar-refractivity contribution < 1.29 is 17.9 Å². The Morgan fingerprint density at radius 1 is 1.48 bits per heavy atom. The molecule has 116 valence electrons. The lowest BCUT2D eigenvalue weighted by Crippen LogP contribution is -2.49. The van der Waals surface area contributed by atoms with Crippen LogP contribution in [0.5, 0.6) is 0 Å². The molecule has 0 saturated heterocycles. The number of methoxy groups -OCH3 is 1. The van der Waals surface area contributed by atoms with Crippen molar-refractivity contribution in [3.63, 3.8) is 0 Å². The first-order valence-corrected chi connectivity index (χ1v) is 9.45. The highest BCUT2D eigenvalue weighted by atomic mass is 79.9. The molecule has 0 spiro atoms. The summed E-state index contributed by atoms with van der Waals surface area (Å²) in [7, 11) is 3.05. The Morgan fingerprint density at radius 2 is 2.14 bits per heavy atom. The van der Waals surface area contributed by atoms with Crippen molar-refractivity contribution >= 4 is 41.6 Å². The third-order valence-electron chi connectivity index (χ3n) is 3.73. The zero-order valence-electron chi connectivity index (χ0n) is 11.4. The lowest BCUT2D eigenvalue weighted by Gasteiger charge is -2.40. The average molecular weight is 397 g/mol. The SMILES string of the molecule is COC1(CNC(=O)c2cc(S(=O)(=O)Cl)ccc2Br)CCC1. The molecule has 1 N–H and O–H groups in total. The molecular formula is C13H15BrClNO4S. The summed E-state index contributed by atoms with van der Waals surface area (Å²) in [5.74, 6) is -0.368. The van der Waals surface area contributed by atoms with Crippen molar-refractivity contribution in [2.45, 2.75) is 29.8 Å². The minimum atomic E-state index is -3.87. The van der Waals surface area contributed by atoms with Gasteiger partial charge in [0.05, 0.1) is 16.1 Å². The number of hydrogen-bond donors (Lipinski definition) is 1. The number of halogens is 2. The summed E-state index contributed by atoms with van der Waals surface area (Å²) >= 11 is 3.24. The molecule has 0 aromatic heterocycles. The number of hydrogen-bond acceptors (Lipinski definition) is 4. The van der Waals surface area contributed by atoms with Gasteiger partial charge in [-0.15, -0.1) is 0 Å². The van der Waals surface area contributed by atoms with Gasteiger partial charge in [-0.25, -0.2) is 8.42 Å². The van der Waals surface area contributed by atoms with E-state index in [1.54, 1.807) is 7.11 Å². The topological polar surface area (TPSA) is 72.5 Å². The first-order chi connectivity index (χ1) is 9.77. The van der Waals surface area contributed by atoms with Crippen LogP contribution in [0.1, 0.15) is 29.6 Å². The molecule has 8 heteroatoms. The fourth-order valence-corrected chi connectivity index (χ4v) is 3.39. The van der Waals surface area contributed by atoms with E-state index in [-0.39, 0.29) is 22.0 Å². The van der Waals surface area contributed by atoms with Crippen molar-refractivity contribution in [1.82, 2.24) is 5.32 Å². The molecule has 1 aliphatic carbocycles. The highest BCUT2D eigenvalue weighted by Crippen LogP contribution is 2.34. The standard InChI is InChI=1S/C13H15BrClNO4S/c1-20-13(5-2-6-13)8-16-12(17)10-7-9(21(15,18)19)3-4-11(10)14/h3-4,7H,2,5-6,8H2,1H3,(H,16,17). The Balaban J connectivity index is 2.15. The molecule has 0 radical (unpaired) electrons. The van der Waals surface area contributed by atoms with Crippen LogP contribution in [0.15, 0.2) is 27.6 Å². The maximum Gasteiger partial charge on any atom is 0.261 e. The number of carbonyl (C=O) groups excluding carboxylic acids is 1. The Kier molecular flexibility index (Phi) is 4.97. The maximum absolute atomic E-state index is 12.2. The van der Waals surface area contributed by atoms with E-state index in [4.69, 9.17) is 15.4 Å². The molecule has 1 amide bonds. The second-order valence-corrected chi connectivity index (χ2v) is 8.42. The van der Waals surface area contributed by atoms with Gasteiger partial charge in [-0.3, -0.25) is 4.79 Å². The van der Waals surface area contributed by atoms with E-state index >= 15 is 0 Å². The predicted molar refractivity (Wildman–Crippen MR) is 83.1 cm³/mol. The van der Waals surface area contributed by atoms with Gasteiger partial charge in [0.25, 0.3) is 15.0 Å². The van der Waals surface area contributed by atoms with E-state index in [1.807, 2.05) is 0 Å². The van der Waals surface area contributed by atoms with Crippen LogP contribution in [0, 0.1) is 0 Å². The van der Waals surface area contributed by atoms with E-state index in [0.717, 1.165) is 19.3 Å². The van der Waals surface area contributed by atoms with E-state index in [0.29, 0.717) is 11.0 Å². The number of nitrogens with one attached hydrogen (secondary N) is 1. The molecule has 0 aliphatic heterocycles. The number of amides is 1. The smallest absolute Gasteiger partial charge is 0.261 e. The summed E-state index contributed by atoms with van der Waals surface area (Å²) in [5, 5.41) is 2.78. The highest BCUT2D eigenvalue weighted by Gasteiger charge is 2.37. The molecule has 1 aromatic rings. The Hall–Kier alpha value is -0.630. The van der Waals surface area contributed by atoms with Crippen molar-refractivity contribution in [3.8, 4) is 0 Å². The van der Waals surface area contributed by atoms with Crippen molar-refractivity contribution in [2.24, 2.45) is 0 Å². The third kappa shape index (κ3) is 3.77. The number of rotatable bonds is 5. The molecule has 0 unspecified atom stereocenters. The molecule has 1 saturated carbocycles. The first kappa shape index (κ1) is 16.7. The Morgan fingerprint density at radius 3 is 2.62 bits per heavy atom. The van der Waals surface area contributed by atoms with Crippen LogP contribution in [0.3, 0.4) is 0 Å². The van der Waals surface area contributed by atoms with Gasteiger partial charge in [0, 0.05) is 28.8 Å². The first-order valence-electron chi connectivity index (χ1n) is 6.35. The summed E-state index contributed by atoms with van der Waals surface area (Å²) in [4.78, 5) is 12.1. The second kappa shape index (κ2) is 6.24. The molecule has 1 aliphatic rings. The summed E-state index contributed by atoms with van der Waals surface area (Å²) < 4.78 is 28.6. The molecule has 21 heavy (non-hydrogen) atoms. The molecule has 0 heterocycles. The van der Waals surface area contributed by atoms with Gasteiger partial charge in [-0.1, -0.05) is 0 Å². The van der Waals surface area contributed by atoms with E-state index in [2.05, 4.69) is 21.2 Å². The van der Waals surface area contributed by atoms with Gasteiger partial charge in [0.1, 0.15) is 0 Å². The minimum absolute atomic E-state index is 0.109. The van der Waals surface area contributed by atoms with Gasteiger partial charge in [0.15, 0.2) is 0 Å². The van der Waals surface area contributed by atoms with Crippen LogP contribution in [0.2, 0.25) is 0 Å². The van der Waals surface area contributed by atoms with Crippen LogP contribution in [-0.4, -0.2) is 33.6 Å². The zero-order valence-corrected chi connectivity index (χ0v) is 14.5.